The first-order valence-electron chi connectivity index (χ1n) is 12.8. The predicted molar refractivity (Wildman–Crippen MR) is 156 cm³/mol. The summed E-state index contributed by atoms with van der Waals surface area (Å²) >= 11 is 0. The fourth-order valence-corrected chi connectivity index (χ4v) is 5.73. The first-order valence-corrected chi connectivity index (χ1v) is 12.8. The first-order chi connectivity index (χ1) is 18.9. The van der Waals surface area contributed by atoms with E-state index in [4.69, 9.17) is 9.97 Å². The molecule has 0 aliphatic rings. The molecule has 0 spiro atoms. The van der Waals surface area contributed by atoms with Crippen molar-refractivity contribution in [1.29, 1.82) is 0 Å². The van der Waals surface area contributed by atoms with Gasteiger partial charge in [-0.15, -0.1) is 0 Å². The lowest BCUT2D eigenvalue weighted by molar-refractivity contribution is 1.14. The lowest BCUT2D eigenvalue weighted by atomic mass is 10.0. The van der Waals surface area contributed by atoms with E-state index in [1.165, 1.54) is 5.56 Å². The highest BCUT2D eigenvalue weighted by molar-refractivity contribution is 6.15. The van der Waals surface area contributed by atoms with Crippen LogP contribution in [0.1, 0.15) is 0 Å². The highest BCUT2D eigenvalue weighted by Gasteiger charge is 2.21. The molecule has 4 heteroatoms. The van der Waals surface area contributed by atoms with E-state index in [9.17, 15) is 0 Å². The summed E-state index contributed by atoms with van der Waals surface area (Å²) in [5.41, 5.74) is 10.6. The maximum Gasteiger partial charge on any atom is 0.148 e. The molecule has 0 radical (unpaired) electrons. The summed E-state index contributed by atoms with van der Waals surface area (Å²) in [6.45, 7) is 0. The topological polar surface area (TPSA) is 35.6 Å². The van der Waals surface area contributed by atoms with Gasteiger partial charge in [-0.2, -0.15) is 0 Å². The van der Waals surface area contributed by atoms with Crippen LogP contribution in [0.4, 0.5) is 0 Å². The van der Waals surface area contributed by atoms with Crippen LogP contribution < -0.4 is 0 Å². The van der Waals surface area contributed by atoms with E-state index in [-0.39, 0.29) is 0 Å². The Morgan fingerprint density at radius 2 is 1.21 bits per heavy atom. The van der Waals surface area contributed by atoms with Crippen LogP contribution in [0.25, 0.3) is 66.5 Å². The van der Waals surface area contributed by atoms with Gasteiger partial charge in [0.05, 0.1) is 33.3 Å². The van der Waals surface area contributed by atoms with Gasteiger partial charge < -0.3 is 4.57 Å². The molecule has 0 aliphatic carbocycles. The number of aromatic nitrogens is 4. The van der Waals surface area contributed by atoms with Gasteiger partial charge in [0.15, 0.2) is 0 Å². The van der Waals surface area contributed by atoms with E-state index in [0.717, 1.165) is 60.9 Å². The van der Waals surface area contributed by atoms with Gasteiger partial charge in [-0.05, 0) is 48.0 Å². The maximum absolute atomic E-state index is 5.40. The highest BCUT2D eigenvalue weighted by Crippen LogP contribution is 2.38. The van der Waals surface area contributed by atoms with Gasteiger partial charge in [-0.1, -0.05) is 84.9 Å². The molecule has 4 aromatic carbocycles. The second kappa shape index (κ2) is 8.15. The molecule has 0 amide bonds. The summed E-state index contributed by atoms with van der Waals surface area (Å²) in [6.07, 6.45) is 1.87. The van der Waals surface area contributed by atoms with E-state index < -0.39 is 0 Å². The predicted octanol–water partition coefficient (Wildman–Crippen LogP) is 8.34. The standard InChI is InChI=1S/C34H22N4/c1-3-12-23(13-4-1)25-16-7-9-18-28(25)38-30-20-11-21-35-32(30)27-22-31-33(36-34(27)38)26-17-8-10-19-29(26)37(31)24-14-5-2-6-15-24/h1-22H. The molecule has 0 bridgehead atoms. The largest absolute Gasteiger partial charge is 0.308 e. The Balaban J connectivity index is 1.54. The van der Waals surface area contributed by atoms with Gasteiger partial charge in [-0.3, -0.25) is 9.55 Å². The SMILES string of the molecule is c1ccc(-c2ccccc2-n2c3cccnc3c3cc4c(nc32)c2ccccc2n4-c2ccccc2)cc1. The molecule has 4 aromatic heterocycles. The first kappa shape index (κ1) is 20.9. The van der Waals surface area contributed by atoms with Crippen molar-refractivity contribution in [2.45, 2.75) is 0 Å². The normalized spacial score (nSPS) is 11.7. The fraction of sp³-hybridized carbons (Fsp3) is 0. The number of benzene rings is 4. The van der Waals surface area contributed by atoms with Gasteiger partial charge in [0, 0.05) is 28.2 Å². The van der Waals surface area contributed by atoms with Crippen LogP contribution in [0.2, 0.25) is 0 Å². The quantitative estimate of drug-likeness (QED) is 0.252. The number of fused-ring (bicyclic) bond motifs is 6. The number of rotatable bonds is 3. The summed E-state index contributed by atoms with van der Waals surface area (Å²) in [5, 5.41) is 2.17. The third kappa shape index (κ3) is 2.98. The molecule has 38 heavy (non-hydrogen) atoms. The Morgan fingerprint density at radius 1 is 0.500 bits per heavy atom. The van der Waals surface area contributed by atoms with Gasteiger partial charge >= 0.3 is 0 Å². The molecular formula is C34H22N4. The third-order valence-corrected chi connectivity index (χ3v) is 7.36. The fourth-order valence-electron chi connectivity index (χ4n) is 5.73. The van der Waals surface area contributed by atoms with Crippen molar-refractivity contribution in [3.63, 3.8) is 0 Å². The summed E-state index contributed by atoms with van der Waals surface area (Å²) in [6, 6.07) is 44.5. The zero-order valence-electron chi connectivity index (χ0n) is 20.5. The molecule has 0 N–H and O–H groups in total. The van der Waals surface area contributed by atoms with E-state index >= 15 is 0 Å². The average molecular weight is 487 g/mol. The average Bonchev–Trinajstić information content (AvgIpc) is 3.49. The highest BCUT2D eigenvalue weighted by atomic mass is 15.1. The van der Waals surface area contributed by atoms with Crippen molar-refractivity contribution in [2.75, 3.05) is 0 Å². The molecule has 0 atom stereocenters. The second-order valence-electron chi connectivity index (χ2n) is 9.51. The Labute approximate surface area is 219 Å². The van der Waals surface area contributed by atoms with Crippen molar-refractivity contribution in [3.8, 4) is 22.5 Å². The summed E-state index contributed by atoms with van der Waals surface area (Å²) < 4.78 is 4.58. The van der Waals surface area contributed by atoms with E-state index in [1.54, 1.807) is 0 Å². The minimum atomic E-state index is 0.908. The molecule has 0 saturated carbocycles. The van der Waals surface area contributed by atoms with Crippen LogP contribution >= 0.6 is 0 Å². The van der Waals surface area contributed by atoms with Gasteiger partial charge in [0.1, 0.15) is 5.65 Å². The number of pyridine rings is 2. The van der Waals surface area contributed by atoms with Crippen molar-refractivity contribution in [2.24, 2.45) is 0 Å². The van der Waals surface area contributed by atoms with Crippen molar-refractivity contribution < 1.29 is 0 Å². The summed E-state index contributed by atoms with van der Waals surface area (Å²) in [7, 11) is 0. The molecule has 8 aromatic rings. The third-order valence-electron chi connectivity index (χ3n) is 7.36. The van der Waals surface area contributed by atoms with Crippen LogP contribution in [0.3, 0.4) is 0 Å². The van der Waals surface area contributed by atoms with Crippen LogP contribution in [-0.2, 0) is 0 Å². The van der Waals surface area contributed by atoms with Crippen molar-refractivity contribution in [1.82, 2.24) is 19.1 Å². The molecule has 8 rings (SSSR count). The summed E-state index contributed by atoms with van der Waals surface area (Å²) in [5.74, 6) is 0. The molecular weight excluding hydrogens is 464 g/mol. The van der Waals surface area contributed by atoms with Gasteiger partial charge in [-0.25, -0.2) is 4.98 Å². The zero-order valence-corrected chi connectivity index (χ0v) is 20.5. The summed E-state index contributed by atoms with van der Waals surface area (Å²) in [4.78, 5) is 10.3. The van der Waals surface area contributed by atoms with E-state index in [1.807, 2.05) is 12.3 Å². The molecule has 178 valence electrons. The monoisotopic (exact) mass is 486 g/mol. The molecule has 0 saturated heterocycles. The Hall–Kier alpha value is -5.22. The lowest BCUT2D eigenvalue weighted by Gasteiger charge is -2.13. The smallest absolute Gasteiger partial charge is 0.148 e. The minimum Gasteiger partial charge on any atom is -0.308 e. The van der Waals surface area contributed by atoms with Crippen LogP contribution in [0.15, 0.2) is 134 Å². The Morgan fingerprint density at radius 3 is 2.08 bits per heavy atom. The molecule has 0 unspecified atom stereocenters. The number of para-hydroxylation sites is 3. The van der Waals surface area contributed by atoms with E-state index in [0.29, 0.717) is 0 Å². The number of nitrogens with zero attached hydrogens (tertiary/aromatic N) is 4. The maximum atomic E-state index is 5.40. The van der Waals surface area contributed by atoms with Crippen LogP contribution in [0, 0.1) is 0 Å². The Kier molecular flexibility index (Phi) is 4.49. The van der Waals surface area contributed by atoms with Crippen molar-refractivity contribution in [3.05, 3.63) is 134 Å². The number of hydrogen-bond acceptors (Lipinski definition) is 2. The lowest BCUT2D eigenvalue weighted by Crippen LogP contribution is -1.99. The number of hydrogen-bond donors (Lipinski definition) is 0. The zero-order chi connectivity index (χ0) is 25.1. The molecule has 4 nitrogen and oxygen atoms in total. The molecule has 0 fully saturated rings. The second-order valence-corrected chi connectivity index (χ2v) is 9.51. The van der Waals surface area contributed by atoms with E-state index in [2.05, 4.69) is 130 Å². The van der Waals surface area contributed by atoms with Gasteiger partial charge in [0.25, 0.3) is 0 Å². The minimum absolute atomic E-state index is 0.908. The Bertz CT molecular complexity index is 2120. The molecule has 0 aliphatic heterocycles. The van der Waals surface area contributed by atoms with Crippen molar-refractivity contribution >= 4 is 44.0 Å². The van der Waals surface area contributed by atoms with Crippen LogP contribution in [-0.4, -0.2) is 19.1 Å². The molecule has 4 heterocycles. The van der Waals surface area contributed by atoms with Gasteiger partial charge in [0.2, 0.25) is 0 Å². The van der Waals surface area contributed by atoms with Crippen LogP contribution in [0.5, 0.6) is 0 Å².